The molecule has 0 unspecified atom stereocenters. The molecule has 1 aromatic rings. The summed E-state index contributed by atoms with van der Waals surface area (Å²) in [7, 11) is 0. The second-order valence-electron chi connectivity index (χ2n) is 5.25. The number of carbonyl (C=O) groups is 2. The van der Waals surface area contributed by atoms with Crippen molar-refractivity contribution in [2.45, 2.75) is 25.3 Å². The first-order chi connectivity index (χ1) is 8.66. The van der Waals surface area contributed by atoms with Crippen molar-refractivity contribution in [3.63, 3.8) is 0 Å². The Bertz CT molecular complexity index is 469. The van der Waals surface area contributed by atoms with Crippen molar-refractivity contribution < 1.29 is 14.7 Å². The molecule has 3 atom stereocenters. The Morgan fingerprint density at radius 3 is 2.83 bits per heavy atom. The Morgan fingerprint density at radius 2 is 2.22 bits per heavy atom. The summed E-state index contributed by atoms with van der Waals surface area (Å²) in [6.07, 6.45) is 5.96. The fourth-order valence-electron chi connectivity index (χ4n) is 3.32. The molecule has 3 aliphatic rings. The third kappa shape index (κ3) is 1.70. The predicted octanol–water partition coefficient (Wildman–Crippen LogP) is 1.34. The summed E-state index contributed by atoms with van der Waals surface area (Å²) in [6.45, 7) is 0.707. The van der Waals surface area contributed by atoms with E-state index in [1.807, 2.05) is 0 Å². The predicted molar refractivity (Wildman–Crippen MR) is 64.1 cm³/mol. The van der Waals surface area contributed by atoms with Crippen molar-refractivity contribution in [1.29, 1.82) is 0 Å². The van der Waals surface area contributed by atoms with Crippen molar-refractivity contribution in [2.75, 3.05) is 6.54 Å². The molecular formula is C13H16N2O3. The number of piperidine rings is 2. The molecule has 5 heteroatoms. The van der Waals surface area contributed by atoms with E-state index in [1.165, 1.54) is 0 Å². The van der Waals surface area contributed by atoms with Gasteiger partial charge in [-0.05, 0) is 31.2 Å². The molecule has 1 aromatic heterocycles. The summed E-state index contributed by atoms with van der Waals surface area (Å²) in [6, 6.07) is 1.61. The zero-order valence-corrected chi connectivity index (χ0v) is 10.0. The van der Waals surface area contributed by atoms with Gasteiger partial charge < -0.3 is 15.0 Å². The molecule has 18 heavy (non-hydrogen) atoms. The van der Waals surface area contributed by atoms with Crippen LogP contribution < -0.4 is 0 Å². The molecule has 96 valence electrons. The van der Waals surface area contributed by atoms with Crippen molar-refractivity contribution >= 4 is 11.9 Å². The van der Waals surface area contributed by atoms with Crippen LogP contribution in [0, 0.1) is 11.8 Å². The van der Waals surface area contributed by atoms with Gasteiger partial charge >= 0.3 is 5.97 Å². The molecule has 2 saturated heterocycles. The van der Waals surface area contributed by atoms with E-state index >= 15 is 0 Å². The molecule has 5 nitrogen and oxygen atoms in total. The number of carboxylic acid groups (broad SMARTS) is 1. The second kappa shape index (κ2) is 4.15. The molecule has 2 N–H and O–H groups in total. The normalized spacial score (nSPS) is 30.4. The Balaban J connectivity index is 1.85. The topological polar surface area (TPSA) is 73.4 Å². The maximum Gasteiger partial charge on any atom is 0.308 e. The summed E-state index contributed by atoms with van der Waals surface area (Å²) >= 11 is 0. The first-order valence-electron chi connectivity index (χ1n) is 6.33. The summed E-state index contributed by atoms with van der Waals surface area (Å²) < 4.78 is 0. The molecule has 3 heterocycles. The zero-order valence-electron chi connectivity index (χ0n) is 10.0. The van der Waals surface area contributed by atoms with Crippen LogP contribution in [0.1, 0.15) is 29.6 Å². The molecule has 4 rings (SSSR count). The van der Waals surface area contributed by atoms with Gasteiger partial charge in [-0.3, -0.25) is 9.59 Å². The smallest absolute Gasteiger partial charge is 0.308 e. The van der Waals surface area contributed by atoms with Gasteiger partial charge in [0.15, 0.2) is 0 Å². The summed E-state index contributed by atoms with van der Waals surface area (Å²) in [4.78, 5) is 28.2. The number of carboxylic acids is 1. The van der Waals surface area contributed by atoms with Gasteiger partial charge in [-0.2, -0.15) is 0 Å². The van der Waals surface area contributed by atoms with E-state index in [4.69, 9.17) is 0 Å². The minimum atomic E-state index is -0.767. The number of hydrogen-bond acceptors (Lipinski definition) is 2. The van der Waals surface area contributed by atoms with Crippen LogP contribution in [0.25, 0.3) is 0 Å². The number of carbonyl (C=O) groups excluding carboxylic acids is 1. The average molecular weight is 248 g/mol. The maximum atomic E-state index is 12.3. The monoisotopic (exact) mass is 248 g/mol. The lowest BCUT2D eigenvalue weighted by molar-refractivity contribution is -0.148. The molecule has 0 aromatic carbocycles. The molecule has 0 spiro atoms. The van der Waals surface area contributed by atoms with Crippen LogP contribution in [0.5, 0.6) is 0 Å². The van der Waals surface area contributed by atoms with Gasteiger partial charge in [-0.15, -0.1) is 0 Å². The van der Waals surface area contributed by atoms with E-state index in [2.05, 4.69) is 4.98 Å². The van der Waals surface area contributed by atoms with Gasteiger partial charge in [-0.1, -0.05) is 0 Å². The van der Waals surface area contributed by atoms with Crippen molar-refractivity contribution in [2.24, 2.45) is 11.8 Å². The van der Waals surface area contributed by atoms with Gasteiger partial charge in [-0.25, -0.2) is 0 Å². The Hall–Kier alpha value is -1.78. The minimum Gasteiger partial charge on any atom is -0.481 e. The van der Waals surface area contributed by atoms with Gasteiger partial charge in [0, 0.05) is 25.0 Å². The number of fused-ring (bicyclic) bond motifs is 3. The van der Waals surface area contributed by atoms with Crippen molar-refractivity contribution in [1.82, 2.24) is 9.88 Å². The quantitative estimate of drug-likeness (QED) is 0.829. The largest absolute Gasteiger partial charge is 0.481 e. The highest BCUT2D eigenvalue weighted by Crippen LogP contribution is 2.39. The number of aromatic nitrogens is 1. The molecule has 2 bridgehead atoms. The van der Waals surface area contributed by atoms with E-state index in [0.717, 1.165) is 19.3 Å². The lowest BCUT2D eigenvalue weighted by Crippen LogP contribution is -2.57. The Kier molecular flexibility index (Phi) is 2.61. The van der Waals surface area contributed by atoms with Crippen LogP contribution >= 0.6 is 0 Å². The van der Waals surface area contributed by atoms with Crippen LogP contribution in [-0.2, 0) is 4.79 Å². The zero-order chi connectivity index (χ0) is 12.7. The molecule has 3 fully saturated rings. The van der Waals surface area contributed by atoms with Gasteiger partial charge in [0.2, 0.25) is 0 Å². The van der Waals surface area contributed by atoms with E-state index in [0.29, 0.717) is 18.0 Å². The summed E-state index contributed by atoms with van der Waals surface area (Å²) in [5.74, 6) is -0.854. The Morgan fingerprint density at radius 1 is 1.39 bits per heavy atom. The maximum absolute atomic E-state index is 12.3. The van der Waals surface area contributed by atoms with Crippen LogP contribution in [-0.4, -0.2) is 39.5 Å². The number of H-pyrrole nitrogens is 1. The highest BCUT2D eigenvalue weighted by molar-refractivity contribution is 5.94. The molecule has 0 radical (unpaired) electrons. The van der Waals surface area contributed by atoms with Crippen molar-refractivity contribution in [3.8, 4) is 0 Å². The summed E-state index contributed by atoms with van der Waals surface area (Å²) in [5, 5.41) is 9.25. The third-order valence-electron chi connectivity index (χ3n) is 4.20. The van der Waals surface area contributed by atoms with Crippen LogP contribution in [0.2, 0.25) is 0 Å². The molecular weight excluding hydrogens is 232 g/mol. The molecule has 1 saturated carbocycles. The summed E-state index contributed by atoms with van der Waals surface area (Å²) in [5.41, 5.74) is 0.617. The molecule has 1 aliphatic carbocycles. The number of nitrogens with zero attached hydrogens (tertiary/aromatic N) is 1. The highest BCUT2D eigenvalue weighted by Gasteiger charge is 2.46. The first kappa shape index (κ1) is 11.3. The fourth-order valence-corrected chi connectivity index (χ4v) is 3.32. The number of aliphatic carboxylic acids is 1. The molecule has 1 amide bonds. The average Bonchev–Trinajstić information content (AvgIpc) is 2.92. The second-order valence-corrected chi connectivity index (χ2v) is 5.25. The SMILES string of the molecule is O=C(O)[C@@H]1C[C@H]2CC[C@@H]1N(C(=O)c1cc[nH]c1)C2. The van der Waals surface area contributed by atoms with Gasteiger partial charge in [0.05, 0.1) is 11.5 Å². The van der Waals surface area contributed by atoms with Crippen molar-refractivity contribution in [3.05, 3.63) is 24.0 Å². The number of rotatable bonds is 2. The first-order valence-corrected chi connectivity index (χ1v) is 6.33. The van der Waals surface area contributed by atoms with Crippen LogP contribution in [0.4, 0.5) is 0 Å². The van der Waals surface area contributed by atoms with Crippen LogP contribution in [0.3, 0.4) is 0 Å². The highest BCUT2D eigenvalue weighted by atomic mass is 16.4. The van der Waals surface area contributed by atoms with Gasteiger partial charge in [0.1, 0.15) is 0 Å². The Labute approximate surface area is 105 Å². The lowest BCUT2D eigenvalue weighted by atomic mass is 9.72. The minimum absolute atomic E-state index is 0.0445. The lowest BCUT2D eigenvalue weighted by Gasteiger charge is -2.48. The van der Waals surface area contributed by atoms with E-state index < -0.39 is 5.97 Å². The number of amides is 1. The number of nitrogens with one attached hydrogen (secondary N) is 1. The van der Waals surface area contributed by atoms with E-state index in [1.54, 1.807) is 23.4 Å². The van der Waals surface area contributed by atoms with Crippen LogP contribution in [0.15, 0.2) is 18.5 Å². The third-order valence-corrected chi connectivity index (χ3v) is 4.20. The molecule has 2 aliphatic heterocycles. The number of hydrogen-bond donors (Lipinski definition) is 2. The fraction of sp³-hybridized carbons (Fsp3) is 0.538. The van der Waals surface area contributed by atoms with E-state index in [9.17, 15) is 14.7 Å². The van der Waals surface area contributed by atoms with Gasteiger partial charge in [0.25, 0.3) is 5.91 Å². The standard InChI is InChI=1S/C13H16N2O3/c16-12(9-3-4-14-6-9)15-7-8-1-2-11(15)10(5-8)13(17)18/h3-4,6,8,10-11,14H,1-2,5,7H2,(H,17,18)/t8-,10-,11+/m1/s1. The van der Waals surface area contributed by atoms with E-state index in [-0.39, 0.29) is 17.9 Å². The number of aromatic amines is 1.